The number of pyridine rings is 1. The van der Waals surface area contributed by atoms with Crippen LogP contribution < -0.4 is 16.8 Å². The molecule has 0 saturated heterocycles. The van der Waals surface area contributed by atoms with Gasteiger partial charge in [-0.25, -0.2) is 0 Å². The molecule has 0 bridgehead atoms. The second-order valence-electron chi connectivity index (χ2n) is 4.47. The van der Waals surface area contributed by atoms with E-state index < -0.39 is 0 Å². The van der Waals surface area contributed by atoms with Crippen LogP contribution in [0, 0.1) is 0 Å². The van der Waals surface area contributed by atoms with Gasteiger partial charge in [0.05, 0.1) is 23.1 Å². The summed E-state index contributed by atoms with van der Waals surface area (Å²) in [5.74, 6) is -0.349. The molecular formula is C13H15BrN4O. The van der Waals surface area contributed by atoms with Crippen LogP contribution in [0.4, 0.5) is 11.4 Å². The lowest BCUT2D eigenvalue weighted by Crippen LogP contribution is -2.24. The van der Waals surface area contributed by atoms with Gasteiger partial charge in [-0.15, -0.1) is 0 Å². The summed E-state index contributed by atoms with van der Waals surface area (Å²) < 4.78 is 0.943. The summed E-state index contributed by atoms with van der Waals surface area (Å²) in [5.41, 5.74) is 13.3. The zero-order valence-corrected chi connectivity index (χ0v) is 12.1. The van der Waals surface area contributed by atoms with Gasteiger partial charge in [0.25, 0.3) is 0 Å². The maximum Gasteiger partial charge on any atom is 0.219 e. The highest BCUT2D eigenvalue weighted by Gasteiger charge is 2.11. The number of fused-ring (bicyclic) bond motifs is 1. The molecule has 0 spiro atoms. The molecule has 0 radical (unpaired) electrons. The van der Waals surface area contributed by atoms with Crippen molar-refractivity contribution in [2.24, 2.45) is 5.73 Å². The van der Waals surface area contributed by atoms with Gasteiger partial charge in [0.15, 0.2) is 0 Å². The van der Waals surface area contributed by atoms with Gasteiger partial charge in [0.2, 0.25) is 5.91 Å². The molecule has 1 aromatic heterocycles. The maximum atomic E-state index is 10.9. The minimum absolute atomic E-state index is 0.0932. The fraction of sp³-hybridized carbons (Fsp3) is 0.231. The molecule has 1 aromatic carbocycles. The number of carbonyl (C=O) groups is 1. The number of hydrogen-bond acceptors (Lipinski definition) is 4. The molecule has 1 unspecified atom stereocenters. The summed E-state index contributed by atoms with van der Waals surface area (Å²) in [5, 5.41) is 4.13. The molecule has 1 amide bonds. The Labute approximate surface area is 119 Å². The quantitative estimate of drug-likeness (QED) is 0.804. The van der Waals surface area contributed by atoms with E-state index in [1.165, 1.54) is 0 Å². The van der Waals surface area contributed by atoms with Crippen LogP contribution in [0.2, 0.25) is 0 Å². The molecule has 2 aromatic rings. The topological polar surface area (TPSA) is 94.0 Å². The predicted octanol–water partition coefficient (Wildman–Crippen LogP) is 2.26. The van der Waals surface area contributed by atoms with Crippen molar-refractivity contribution in [3.05, 3.63) is 28.9 Å². The second-order valence-corrected chi connectivity index (χ2v) is 5.38. The number of anilines is 2. The highest BCUT2D eigenvalue weighted by Crippen LogP contribution is 2.30. The lowest BCUT2D eigenvalue weighted by molar-refractivity contribution is -0.118. The van der Waals surface area contributed by atoms with E-state index in [-0.39, 0.29) is 18.4 Å². The van der Waals surface area contributed by atoms with Gasteiger partial charge in [-0.05, 0) is 25.1 Å². The number of carbonyl (C=O) groups excluding carboxylic acids is 1. The van der Waals surface area contributed by atoms with Crippen molar-refractivity contribution in [1.82, 2.24) is 4.98 Å². The van der Waals surface area contributed by atoms with Crippen molar-refractivity contribution in [3.63, 3.8) is 0 Å². The number of amides is 1. The van der Waals surface area contributed by atoms with Gasteiger partial charge in [-0.3, -0.25) is 9.78 Å². The first-order valence-corrected chi connectivity index (χ1v) is 6.65. The summed E-state index contributed by atoms with van der Waals surface area (Å²) in [6, 6.07) is 5.67. The Kier molecular flexibility index (Phi) is 3.90. The van der Waals surface area contributed by atoms with Crippen molar-refractivity contribution in [2.45, 2.75) is 19.4 Å². The van der Waals surface area contributed by atoms with Gasteiger partial charge >= 0.3 is 0 Å². The smallest absolute Gasteiger partial charge is 0.219 e. The van der Waals surface area contributed by atoms with E-state index >= 15 is 0 Å². The summed E-state index contributed by atoms with van der Waals surface area (Å²) >= 11 is 3.43. The maximum absolute atomic E-state index is 10.9. The van der Waals surface area contributed by atoms with E-state index in [0.29, 0.717) is 5.69 Å². The highest BCUT2D eigenvalue weighted by molar-refractivity contribution is 9.10. The SMILES string of the molecule is CC(CC(N)=O)Nc1c(N)cnc2ccc(Br)cc12. The van der Waals surface area contributed by atoms with E-state index in [1.54, 1.807) is 6.20 Å². The number of aromatic nitrogens is 1. The molecule has 0 aliphatic heterocycles. The van der Waals surface area contributed by atoms with Crippen LogP contribution in [0.5, 0.6) is 0 Å². The zero-order chi connectivity index (χ0) is 14.0. The molecule has 1 heterocycles. The fourth-order valence-corrected chi connectivity index (χ4v) is 2.30. The third kappa shape index (κ3) is 3.14. The van der Waals surface area contributed by atoms with Crippen LogP contribution in [-0.2, 0) is 4.79 Å². The fourth-order valence-electron chi connectivity index (χ4n) is 1.94. The van der Waals surface area contributed by atoms with Crippen LogP contribution in [0.25, 0.3) is 10.9 Å². The summed E-state index contributed by atoms with van der Waals surface area (Å²) in [6.07, 6.45) is 1.85. The highest BCUT2D eigenvalue weighted by atomic mass is 79.9. The molecule has 5 nitrogen and oxygen atoms in total. The van der Waals surface area contributed by atoms with E-state index in [2.05, 4.69) is 26.2 Å². The number of hydrogen-bond donors (Lipinski definition) is 3. The molecular weight excluding hydrogens is 308 g/mol. The molecule has 0 saturated carbocycles. The van der Waals surface area contributed by atoms with Gasteiger partial charge in [0.1, 0.15) is 0 Å². The van der Waals surface area contributed by atoms with Gasteiger partial charge in [-0.2, -0.15) is 0 Å². The van der Waals surface area contributed by atoms with E-state index in [4.69, 9.17) is 11.5 Å². The molecule has 5 N–H and O–H groups in total. The first kappa shape index (κ1) is 13.6. The van der Waals surface area contributed by atoms with Crippen molar-refractivity contribution in [2.75, 3.05) is 11.1 Å². The third-order valence-electron chi connectivity index (χ3n) is 2.76. The van der Waals surface area contributed by atoms with Crippen LogP contribution in [-0.4, -0.2) is 16.9 Å². The molecule has 19 heavy (non-hydrogen) atoms. The Hall–Kier alpha value is -1.82. The first-order valence-electron chi connectivity index (χ1n) is 5.86. The van der Waals surface area contributed by atoms with Crippen molar-refractivity contribution in [3.8, 4) is 0 Å². The Morgan fingerprint density at radius 2 is 2.26 bits per heavy atom. The first-order chi connectivity index (χ1) is 8.97. The van der Waals surface area contributed by atoms with Crippen LogP contribution >= 0.6 is 15.9 Å². The number of nitrogen functional groups attached to an aromatic ring is 1. The standard InChI is InChI=1S/C13H15BrN4O/c1-7(4-12(16)19)18-13-9-5-8(14)2-3-11(9)17-6-10(13)15/h2-3,5-7H,4,15H2,1H3,(H2,16,19)(H,17,18). The second kappa shape index (κ2) is 5.44. The number of benzene rings is 1. The summed E-state index contributed by atoms with van der Waals surface area (Å²) in [7, 11) is 0. The van der Waals surface area contributed by atoms with Crippen molar-refractivity contribution >= 4 is 44.1 Å². The van der Waals surface area contributed by atoms with Gasteiger partial charge < -0.3 is 16.8 Å². The Morgan fingerprint density at radius 3 is 2.95 bits per heavy atom. The monoisotopic (exact) mass is 322 g/mol. The summed E-state index contributed by atoms with van der Waals surface area (Å²) in [6.45, 7) is 1.88. The Balaban J connectivity index is 2.43. The normalized spacial score (nSPS) is 12.3. The zero-order valence-electron chi connectivity index (χ0n) is 10.5. The Morgan fingerprint density at radius 1 is 1.53 bits per heavy atom. The summed E-state index contributed by atoms with van der Waals surface area (Å²) in [4.78, 5) is 15.2. The molecule has 0 aliphatic carbocycles. The van der Waals surface area contributed by atoms with E-state index in [9.17, 15) is 4.79 Å². The number of nitrogens with zero attached hydrogens (tertiary/aromatic N) is 1. The van der Waals surface area contributed by atoms with Crippen molar-refractivity contribution < 1.29 is 4.79 Å². The minimum atomic E-state index is -0.349. The molecule has 1 atom stereocenters. The molecule has 100 valence electrons. The average molecular weight is 323 g/mol. The van der Waals surface area contributed by atoms with Crippen LogP contribution in [0.3, 0.4) is 0 Å². The van der Waals surface area contributed by atoms with Gasteiger partial charge in [-0.1, -0.05) is 15.9 Å². The number of halogens is 1. The largest absolute Gasteiger partial charge is 0.396 e. The molecule has 0 aliphatic rings. The number of nitrogens with one attached hydrogen (secondary N) is 1. The van der Waals surface area contributed by atoms with Crippen molar-refractivity contribution in [1.29, 1.82) is 0 Å². The molecule has 2 rings (SSSR count). The van der Waals surface area contributed by atoms with Crippen LogP contribution in [0.15, 0.2) is 28.9 Å². The van der Waals surface area contributed by atoms with Crippen LogP contribution in [0.1, 0.15) is 13.3 Å². The molecule has 6 heteroatoms. The lowest BCUT2D eigenvalue weighted by Gasteiger charge is -2.17. The lowest BCUT2D eigenvalue weighted by atomic mass is 10.1. The minimum Gasteiger partial charge on any atom is -0.396 e. The number of primary amides is 1. The Bertz CT molecular complexity index is 624. The van der Waals surface area contributed by atoms with Gasteiger partial charge in [0, 0.05) is 22.3 Å². The third-order valence-corrected chi connectivity index (χ3v) is 3.25. The number of nitrogens with two attached hydrogens (primary N) is 2. The molecule has 0 fully saturated rings. The number of rotatable bonds is 4. The van der Waals surface area contributed by atoms with E-state index in [0.717, 1.165) is 21.1 Å². The average Bonchev–Trinajstić information content (AvgIpc) is 2.32. The predicted molar refractivity (Wildman–Crippen MR) is 80.8 cm³/mol. The van der Waals surface area contributed by atoms with E-state index in [1.807, 2.05) is 25.1 Å².